The molecule has 0 amide bonds. The maximum Gasteiger partial charge on any atom is 0.338 e. The van der Waals surface area contributed by atoms with E-state index in [-0.39, 0.29) is 24.5 Å². The molecule has 3 rings (SSSR count). The van der Waals surface area contributed by atoms with Crippen LogP contribution in [0.1, 0.15) is 23.2 Å². The normalized spacial score (nSPS) is 17.3. The van der Waals surface area contributed by atoms with E-state index in [4.69, 9.17) is 4.74 Å². The highest BCUT2D eigenvalue weighted by Crippen LogP contribution is 2.22. The van der Waals surface area contributed by atoms with Gasteiger partial charge in [0.1, 0.15) is 6.10 Å². The van der Waals surface area contributed by atoms with Gasteiger partial charge in [0.2, 0.25) is 0 Å². The van der Waals surface area contributed by atoms with Gasteiger partial charge in [0, 0.05) is 15.8 Å². The molecule has 23 heavy (non-hydrogen) atoms. The number of nitrogens with zero attached hydrogens (tertiary/aromatic N) is 1. The molecule has 1 aliphatic heterocycles. The Morgan fingerprint density at radius 2 is 1.91 bits per heavy atom. The van der Waals surface area contributed by atoms with Crippen molar-refractivity contribution in [3.05, 3.63) is 63.7 Å². The molecule has 1 atom stereocenters. The van der Waals surface area contributed by atoms with Gasteiger partial charge in [0.25, 0.3) is 0 Å². The lowest BCUT2D eigenvalue weighted by Gasteiger charge is -2.34. The lowest BCUT2D eigenvalue weighted by atomic mass is 10.1. The average molecular weight is 444 g/mol. The zero-order valence-corrected chi connectivity index (χ0v) is 15.6. The minimum Gasteiger partial charge on any atom is -0.457 e. The highest BCUT2D eigenvalue weighted by molar-refractivity contribution is 14.1. The quantitative estimate of drug-likeness (QED) is 0.515. The molecule has 0 spiro atoms. The van der Waals surface area contributed by atoms with Gasteiger partial charge in [0.05, 0.1) is 12.1 Å². The molecule has 1 unspecified atom stereocenters. The van der Waals surface area contributed by atoms with Gasteiger partial charge in [-0.05, 0) is 65.8 Å². The van der Waals surface area contributed by atoms with E-state index in [1.807, 2.05) is 42.5 Å². The third kappa shape index (κ3) is 4.85. The smallest absolute Gasteiger partial charge is 0.338 e. The van der Waals surface area contributed by atoms with Crippen molar-refractivity contribution in [3.63, 3.8) is 0 Å². The largest absolute Gasteiger partial charge is 0.457 e. The van der Waals surface area contributed by atoms with Gasteiger partial charge in [-0.15, -0.1) is 12.4 Å². The van der Waals surface area contributed by atoms with E-state index in [0.717, 1.165) is 29.5 Å². The Hall–Kier alpha value is -1.27. The molecule has 1 heterocycles. The number of ether oxygens (including phenoxy) is 1. The molecule has 1 fully saturated rings. The maximum absolute atomic E-state index is 12.3. The summed E-state index contributed by atoms with van der Waals surface area (Å²) < 4.78 is 6.74. The van der Waals surface area contributed by atoms with Crippen LogP contribution in [0.4, 0.5) is 5.69 Å². The van der Waals surface area contributed by atoms with E-state index in [1.54, 1.807) is 0 Å². The molecule has 0 saturated carbocycles. The van der Waals surface area contributed by atoms with Crippen molar-refractivity contribution in [3.8, 4) is 0 Å². The number of hydrogen-bond acceptors (Lipinski definition) is 3. The van der Waals surface area contributed by atoms with Gasteiger partial charge >= 0.3 is 5.97 Å². The van der Waals surface area contributed by atoms with Crippen LogP contribution in [0.3, 0.4) is 0 Å². The predicted molar refractivity (Wildman–Crippen MR) is 103 cm³/mol. The van der Waals surface area contributed by atoms with Gasteiger partial charge in [-0.2, -0.15) is 0 Å². The van der Waals surface area contributed by atoms with Crippen LogP contribution < -0.4 is 4.90 Å². The predicted octanol–water partition coefficient (Wildman–Crippen LogP) is 4.54. The number of para-hydroxylation sites is 1. The highest BCUT2D eigenvalue weighted by atomic mass is 127. The number of esters is 1. The van der Waals surface area contributed by atoms with Crippen molar-refractivity contribution in [2.75, 3.05) is 18.0 Å². The minimum absolute atomic E-state index is 0. The minimum atomic E-state index is -0.224. The number of anilines is 1. The van der Waals surface area contributed by atoms with E-state index in [9.17, 15) is 4.79 Å². The van der Waals surface area contributed by atoms with Crippen LogP contribution in [0.25, 0.3) is 0 Å². The molecule has 0 aliphatic carbocycles. The highest BCUT2D eigenvalue weighted by Gasteiger charge is 2.23. The molecular weight excluding hydrogens is 425 g/mol. The van der Waals surface area contributed by atoms with Crippen LogP contribution >= 0.6 is 35.0 Å². The van der Waals surface area contributed by atoms with E-state index in [1.165, 1.54) is 5.69 Å². The first-order chi connectivity index (χ1) is 10.7. The van der Waals surface area contributed by atoms with E-state index in [2.05, 4.69) is 39.6 Å². The Labute approximate surface area is 156 Å². The number of halogens is 2. The standard InChI is InChI=1S/C18H18INO2.ClH/c19-15-7-4-6-14(12-15)18(21)22-17-10-5-11-20(13-17)16-8-2-1-3-9-16;/h1-4,6-9,12,17H,5,10-11,13H2;1H. The van der Waals surface area contributed by atoms with Crippen molar-refractivity contribution in [1.82, 2.24) is 0 Å². The number of piperidine rings is 1. The fourth-order valence-corrected chi connectivity index (χ4v) is 3.29. The summed E-state index contributed by atoms with van der Waals surface area (Å²) in [6, 6.07) is 17.8. The summed E-state index contributed by atoms with van der Waals surface area (Å²) in [7, 11) is 0. The van der Waals surface area contributed by atoms with Crippen LogP contribution in [-0.2, 0) is 4.74 Å². The third-order valence-electron chi connectivity index (χ3n) is 3.83. The first kappa shape index (κ1) is 18.1. The first-order valence-electron chi connectivity index (χ1n) is 7.49. The van der Waals surface area contributed by atoms with Crippen LogP contribution in [-0.4, -0.2) is 25.2 Å². The number of benzene rings is 2. The third-order valence-corrected chi connectivity index (χ3v) is 4.50. The molecule has 2 aromatic rings. The summed E-state index contributed by atoms with van der Waals surface area (Å²) in [6.07, 6.45) is 1.93. The van der Waals surface area contributed by atoms with Crippen LogP contribution in [0.5, 0.6) is 0 Å². The number of hydrogen-bond donors (Lipinski definition) is 0. The molecule has 2 aromatic carbocycles. The fraction of sp³-hybridized carbons (Fsp3) is 0.278. The van der Waals surface area contributed by atoms with Crippen molar-refractivity contribution in [2.45, 2.75) is 18.9 Å². The van der Waals surface area contributed by atoms with E-state index in [0.29, 0.717) is 5.56 Å². The van der Waals surface area contributed by atoms with E-state index >= 15 is 0 Å². The summed E-state index contributed by atoms with van der Waals surface area (Å²) in [6.45, 7) is 1.78. The monoisotopic (exact) mass is 443 g/mol. The lowest BCUT2D eigenvalue weighted by Crippen LogP contribution is -2.40. The molecule has 3 nitrogen and oxygen atoms in total. The van der Waals surface area contributed by atoms with Crippen molar-refractivity contribution in [1.29, 1.82) is 0 Å². The molecule has 0 bridgehead atoms. The Balaban J connectivity index is 0.00000192. The summed E-state index contributed by atoms with van der Waals surface area (Å²) in [5.41, 5.74) is 1.82. The van der Waals surface area contributed by atoms with Crippen molar-refractivity contribution in [2.24, 2.45) is 0 Å². The summed E-state index contributed by atoms with van der Waals surface area (Å²) in [5.74, 6) is -0.224. The van der Waals surface area contributed by atoms with Crippen LogP contribution in [0.15, 0.2) is 54.6 Å². The zero-order valence-electron chi connectivity index (χ0n) is 12.7. The van der Waals surface area contributed by atoms with Gasteiger partial charge in [0.15, 0.2) is 0 Å². The average Bonchev–Trinajstić information content (AvgIpc) is 2.56. The Kier molecular flexibility index (Phi) is 6.72. The van der Waals surface area contributed by atoms with E-state index < -0.39 is 0 Å². The Morgan fingerprint density at radius 1 is 1.13 bits per heavy atom. The number of carbonyl (C=O) groups excluding carboxylic acids is 1. The fourth-order valence-electron chi connectivity index (χ4n) is 2.74. The zero-order chi connectivity index (χ0) is 15.4. The Morgan fingerprint density at radius 3 is 2.65 bits per heavy atom. The van der Waals surface area contributed by atoms with Crippen molar-refractivity contribution < 1.29 is 9.53 Å². The second kappa shape index (κ2) is 8.55. The topological polar surface area (TPSA) is 29.5 Å². The SMILES string of the molecule is Cl.O=C(OC1CCCN(c2ccccc2)C1)c1cccc(I)c1. The molecule has 122 valence electrons. The van der Waals surface area contributed by atoms with Gasteiger partial charge in [-0.3, -0.25) is 0 Å². The van der Waals surface area contributed by atoms with Crippen LogP contribution in [0, 0.1) is 3.57 Å². The summed E-state index contributed by atoms with van der Waals surface area (Å²) in [5, 5.41) is 0. The second-order valence-electron chi connectivity index (χ2n) is 5.46. The van der Waals surface area contributed by atoms with Gasteiger partial charge in [-0.25, -0.2) is 4.79 Å². The second-order valence-corrected chi connectivity index (χ2v) is 6.71. The van der Waals surface area contributed by atoms with Crippen LogP contribution in [0.2, 0.25) is 0 Å². The molecule has 0 radical (unpaired) electrons. The van der Waals surface area contributed by atoms with Crippen molar-refractivity contribution >= 4 is 46.7 Å². The number of carbonyl (C=O) groups is 1. The van der Waals surface area contributed by atoms with Gasteiger partial charge in [-0.1, -0.05) is 24.3 Å². The maximum atomic E-state index is 12.3. The summed E-state index contributed by atoms with van der Waals surface area (Å²) >= 11 is 2.20. The molecule has 0 N–H and O–H groups in total. The van der Waals surface area contributed by atoms with Gasteiger partial charge < -0.3 is 9.64 Å². The molecule has 1 saturated heterocycles. The molecule has 1 aliphatic rings. The summed E-state index contributed by atoms with van der Waals surface area (Å²) in [4.78, 5) is 14.6. The number of rotatable bonds is 3. The molecule has 0 aromatic heterocycles. The molecular formula is C18H19ClINO2. The first-order valence-corrected chi connectivity index (χ1v) is 8.57. The Bertz CT molecular complexity index is 650. The lowest BCUT2D eigenvalue weighted by molar-refractivity contribution is 0.0269. The molecule has 5 heteroatoms.